The third-order valence-corrected chi connectivity index (χ3v) is 8.58. The van der Waals surface area contributed by atoms with Crippen LogP contribution < -0.4 is 0 Å². The summed E-state index contributed by atoms with van der Waals surface area (Å²) < 4.78 is 12.8. The first kappa shape index (κ1) is 33.9. The van der Waals surface area contributed by atoms with Gasteiger partial charge in [-0.15, -0.1) is 0 Å². The molecule has 2 aromatic carbocycles. The van der Waals surface area contributed by atoms with E-state index >= 15 is 0 Å². The molecule has 232 valence electrons. The topological polar surface area (TPSA) is 39.4 Å². The van der Waals surface area contributed by atoms with E-state index in [4.69, 9.17) is 9.15 Å². The van der Waals surface area contributed by atoms with Crippen molar-refractivity contribution in [2.45, 2.75) is 139 Å². The lowest BCUT2D eigenvalue weighted by atomic mass is 9.72. The molecule has 0 aliphatic heterocycles. The third kappa shape index (κ3) is 8.98. The molecule has 3 aromatic rings. The number of hydrogen-bond donors (Lipinski definition) is 0. The van der Waals surface area contributed by atoms with Crippen molar-refractivity contribution < 1.29 is 13.9 Å². The smallest absolute Gasteiger partial charge is 0.310 e. The first-order valence-corrected chi connectivity index (χ1v) is 16.2. The van der Waals surface area contributed by atoms with Crippen LogP contribution in [0.15, 0.2) is 46.9 Å². The maximum atomic E-state index is 13.5. The van der Waals surface area contributed by atoms with E-state index in [1.807, 2.05) is 13.8 Å². The average molecular weight is 575 g/mol. The second-order valence-electron chi connectivity index (χ2n) is 16.1. The Morgan fingerprint density at radius 1 is 0.857 bits per heavy atom. The highest BCUT2D eigenvalue weighted by Gasteiger charge is 2.40. The Bertz CT molecular complexity index is 1340. The van der Waals surface area contributed by atoms with Gasteiger partial charge in [-0.05, 0) is 91.0 Å². The van der Waals surface area contributed by atoms with Crippen molar-refractivity contribution in [3.8, 4) is 11.3 Å². The Morgan fingerprint density at radius 3 is 2.14 bits per heavy atom. The summed E-state index contributed by atoms with van der Waals surface area (Å²) in [4.78, 5) is 13.5. The molecule has 3 heteroatoms. The molecule has 1 aromatic heterocycles. The summed E-state index contributed by atoms with van der Waals surface area (Å²) in [7, 11) is 0. The second-order valence-corrected chi connectivity index (χ2v) is 16.1. The van der Waals surface area contributed by atoms with E-state index in [0.717, 1.165) is 36.0 Å². The number of aryl methyl sites for hydroxylation is 2. The number of carbonyl (C=O) groups excluding carboxylic acids is 1. The van der Waals surface area contributed by atoms with Gasteiger partial charge in [-0.1, -0.05) is 112 Å². The van der Waals surface area contributed by atoms with Gasteiger partial charge >= 0.3 is 5.97 Å². The van der Waals surface area contributed by atoms with E-state index in [0.29, 0.717) is 6.42 Å². The Kier molecular flexibility index (Phi) is 10.5. The number of esters is 1. The van der Waals surface area contributed by atoms with Gasteiger partial charge in [0.05, 0.1) is 5.92 Å². The minimum Gasteiger partial charge on any atom is -0.459 e. The normalized spacial score (nSPS) is 13.9. The summed E-state index contributed by atoms with van der Waals surface area (Å²) in [5.74, 6) is 0.682. The lowest BCUT2D eigenvalue weighted by Gasteiger charge is -2.39. The zero-order valence-corrected chi connectivity index (χ0v) is 28.8. The van der Waals surface area contributed by atoms with Crippen LogP contribution in [0.3, 0.4) is 0 Å². The van der Waals surface area contributed by atoms with Crippen molar-refractivity contribution in [1.82, 2.24) is 0 Å². The van der Waals surface area contributed by atoms with Crippen molar-refractivity contribution >= 4 is 16.9 Å². The highest BCUT2D eigenvalue weighted by Crippen LogP contribution is 2.41. The van der Waals surface area contributed by atoms with Crippen molar-refractivity contribution in [2.24, 2.45) is 16.7 Å². The van der Waals surface area contributed by atoms with Crippen molar-refractivity contribution in [3.05, 3.63) is 59.2 Å². The highest BCUT2D eigenvalue weighted by molar-refractivity contribution is 5.84. The van der Waals surface area contributed by atoms with Gasteiger partial charge in [-0.25, -0.2) is 0 Å². The van der Waals surface area contributed by atoms with Gasteiger partial charge in [-0.2, -0.15) is 0 Å². The molecule has 0 aliphatic carbocycles. The second kappa shape index (κ2) is 13.0. The fourth-order valence-electron chi connectivity index (χ4n) is 6.40. The molecule has 0 fully saturated rings. The number of ether oxygens (including phenoxy) is 1. The van der Waals surface area contributed by atoms with E-state index in [1.165, 1.54) is 41.5 Å². The van der Waals surface area contributed by atoms with Crippen LogP contribution in [0.2, 0.25) is 0 Å². The average Bonchev–Trinajstić information content (AvgIpc) is 3.28. The van der Waals surface area contributed by atoms with Crippen LogP contribution in [0, 0.1) is 16.7 Å². The van der Waals surface area contributed by atoms with E-state index in [2.05, 4.69) is 112 Å². The van der Waals surface area contributed by atoms with Crippen LogP contribution >= 0.6 is 0 Å². The summed E-state index contributed by atoms with van der Waals surface area (Å²) >= 11 is 0. The third-order valence-electron chi connectivity index (χ3n) is 8.58. The van der Waals surface area contributed by atoms with Gasteiger partial charge in [0.2, 0.25) is 0 Å². The molecule has 0 N–H and O–H groups in total. The largest absolute Gasteiger partial charge is 0.459 e. The van der Waals surface area contributed by atoms with Gasteiger partial charge in [-0.3, -0.25) is 4.79 Å². The molecule has 0 amide bonds. The molecule has 42 heavy (non-hydrogen) atoms. The SMILES string of the molecule is CCCCCc1ccc(-c2cc3ccc(C(C)(C)CC(C)(C)OC(=O)C(CC(C)(C)C)C(C)(C)C)cc3o2)c(CC)c1. The summed E-state index contributed by atoms with van der Waals surface area (Å²) in [6.07, 6.45) is 7.38. The summed E-state index contributed by atoms with van der Waals surface area (Å²) in [5, 5.41) is 1.11. The maximum absolute atomic E-state index is 13.5. The number of benzene rings is 2. The number of unbranched alkanes of at least 4 members (excludes halogenated alkanes) is 2. The molecule has 0 saturated carbocycles. The van der Waals surface area contributed by atoms with Crippen molar-refractivity contribution in [1.29, 1.82) is 0 Å². The number of rotatable bonds is 12. The van der Waals surface area contributed by atoms with E-state index < -0.39 is 5.60 Å². The number of fused-ring (bicyclic) bond motifs is 1. The monoisotopic (exact) mass is 574 g/mol. The molecular formula is C39H58O3. The van der Waals surface area contributed by atoms with Gasteiger partial charge in [0, 0.05) is 10.9 Å². The molecule has 0 spiro atoms. The first-order chi connectivity index (χ1) is 19.3. The molecule has 0 aliphatic rings. The molecule has 0 bridgehead atoms. The van der Waals surface area contributed by atoms with Gasteiger partial charge in [0.25, 0.3) is 0 Å². The summed E-state index contributed by atoms with van der Waals surface area (Å²) in [6.45, 7) is 26.0. The van der Waals surface area contributed by atoms with Crippen molar-refractivity contribution in [2.75, 3.05) is 0 Å². The standard InChI is InChI=1S/C39H58O3/c1-13-15-16-17-27-18-21-31(28(14-2)22-27)34-23-29-19-20-30(24-33(29)41-34)38(9,10)26-39(11,12)42-35(40)32(37(6,7)8)25-36(3,4)5/h18-24,32H,13-17,25-26H2,1-12H3. The molecule has 1 unspecified atom stereocenters. The van der Waals surface area contributed by atoms with E-state index in [9.17, 15) is 4.79 Å². The summed E-state index contributed by atoms with van der Waals surface area (Å²) in [6, 6.07) is 15.6. The summed E-state index contributed by atoms with van der Waals surface area (Å²) in [5.41, 5.74) is 5.08. The Balaban J connectivity index is 1.82. The predicted octanol–water partition coefficient (Wildman–Crippen LogP) is 11.5. The fourth-order valence-corrected chi connectivity index (χ4v) is 6.40. The first-order valence-electron chi connectivity index (χ1n) is 16.2. The zero-order chi connectivity index (χ0) is 31.5. The van der Waals surface area contributed by atoms with Crippen LogP contribution in [-0.2, 0) is 27.8 Å². The quantitative estimate of drug-likeness (QED) is 0.159. The molecule has 1 atom stereocenters. The lowest BCUT2D eigenvalue weighted by Crippen LogP contribution is -2.41. The molecule has 1 heterocycles. The van der Waals surface area contributed by atoms with Gasteiger partial charge in [0.1, 0.15) is 16.9 Å². The van der Waals surface area contributed by atoms with Crippen LogP contribution in [0.1, 0.15) is 132 Å². The minimum atomic E-state index is -0.611. The van der Waals surface area contributed by atoms with Crippen LogP contribution in [0.5, 0.6) is 0 Å². The Labute approximate surface area is 256 Å². The molecule has 3 rings (SSSR count). The Morgan fingerprint density at radius 2 is 1.55 bits per heavy atom. The number of furan rings is 1. The predicted molar refractivity (Wildman–Crippen MR) is 179 cm³/mol. The van der Waals surface area contributed by atoms with Crippen LogP contribution in [0.4, 0.5) is 0 Å². The van der Waals surface area contributed by atoms with Gasteiger partial charge < -0.3 is 9.15 Å². The molecular weight excluding hydrogens is 516 g/mol. The lowest BCUT2D eigenvalue weighted by molar-refractivity contribution is -0.168. The fraction of sp³-hybridized carbons (Fsp3) is 0.615. The highest BCUT2D eigenvalue weighted by atomic mass is 16.6. The number of hydrogen-bond acceptors (Lipinski definition) is 3. The minimum absolute atomic E-state index is 0.0479. The zero-order valence-electron chi connectivity index (χ0n) is 28.8. The van der Waals surface area contributed by atoms with Crippen LogP contribution in [-0.4, -0.2) is 11.6 Å². The molecule has 0 saturated heterocycles. The van der Waals surface area contributed by atoms with Crippen molar-refractivity contribution in [3.63, 3.8) is 0 Å². The van der Waals surface area contributed by atoms with Crippen LogP contribution in [0.25, 0.3) is 22.3 Å². The van der Waals surface area contributed by atoms with E-state index in [-0.39, 0.29) is 28.1 Å². The number of carbonyl (C=O) groups is 1. The van der Waals surface area contributed by atoms with E-state index in [1.54, 1.807) is 0 Å². The van der Waals surface area contributed by atoms with Gasteiger partial charge in [0.15, 0.2) is 0 Å². The maximum Gasteiger partial charge on any atom is 0.310 e. The molecule has 0 radical (unpaired) electrons. The Hall–Kier alpha value is -2.55. The molecule has 3 nitrogen and oxygen atoms in total.